The normalized spacial score (nSPS) is 16.4. The average molecular weight is 416 g/mol. The smallest absolute Gasteiger partial charge is 0.410 e. The fraction of sp³-hybridized carbons (Fsp3) is 0.565. The molecular weight excluding hydrogens is 382 g/mol. The Balaban J connectivity index is 1.62. The summed E-state index contributed by atoms with van der Waals surface area (Å²) in [5, 5.41) is 3.08. The molecule has 1 N–H and O–H groups in total. The van der Waals surface area contributed by atoms with Crippen LogP contribution in [0.1, 0.15) is 80.2 Å². The summed E-state index contributed by atoms with van der Waals surface area (Å²) in [6, 6.07) is 5.73. The molecule has 7 heteroatoms. The predicted octanol–water partition coefficient (Wildman–Crippen LogP) is 4.76. The summed E-state index contributed by atoms with van der Waals surface area (Å²) >= 11 is 0. The number of nitrogens with one attached hydrogen (secondary N) is 1. The Morgan fingerprint density at radius 2 is 1.90 bits per heavy atom. The minimum Gasteiger partial charge on any atom is -0.466 e. The molecule has 2 aromatic heterocycles. The lowest BCUT2D eigenvalue weighted by atomic mass is 10.0. The Morgan fingerprint density at radius 1 is 1.23 bits per heavy atom. The number of nitrogens with zero attached hydrogens (tertiary/aromatic N) is 2. The maximum atomic E-state index is 13.0. The summed E-state index contributed by atoms with van der Waals surface area (Å²) < 4.78 is 13.1. The molecule has 1 fully saturated rings. The van der Waals surface area contributed by atoms with Crippen LogP contribution in [0.25, 0.3) is 0 Å². The van der Waals surface area contributed by atoms with Gasteiger partial charge in [-0.25, -0.2) is 4.79 Å². The number of hydrogen-bond donors (Lipinski definition) is 1. The van der Waals surface area contributed by atoms with Gasteiger partial charge in [0, 0.05) is 30.9 Å². The molecule has 0 aromatic carbocycles. The molecule has 1 aliphatic heterocycles. The number of carbonyl (C=O) groups is 2. The number of hydrogen-bond acceptors (Lipinski definition) is 4. The number of ether oxygens (including phenoxy) is 1. The third-order valence-electron chi connectivity index (χ3n) is 5.41. The summed E-state index contributed by atoms with van der Waals surface area (Å²) in [6.45, 7) is 12.6. The van der Waals surface area contributed by atoms with E-state index in [4.69, 9.17) is 9.15 Å². The van der Waals surface area contributed by atoms with Crippen LogP contribution in [0.4, 0.5) is 4.79 Å². The predicted molar refractivity (Wildman–Crippen MR) is 115 cm³/mol. The van der Waals surface area contributed by atoms with Crippen LogP contribution >= 0.6 is 0 Å². The van der Waals surface area contributed by atoms with Gasteiger partial charge in [0.2, 0.25) is 0 Å². The van der Waals surface area contributed by atoms with Gasteiger partial charge in [-0.3, -0.25) is 4.79 Å². The monoisotopic (exact) mass is 415 g/mol. The van der Waals surface area contributed by atoms with Crippen LogP contribution in [-0.4, -0.2) is 40.2 Å². The fourth-order valence-corrected chi connectivity index (χ4v) is 3.99. The number of rotatable bonds is 4. The second kappa shape index (κ2) is 8.58. The van der Waals surface area contributed by atoms with Gasteiger partial charge >= 0.3 is 6.09 Å². The van der Waals surface area contributed by atoms with E-state index in [9.17, 15) is 9.59 Å². The number of piperidine rings is 1. The average Bonchev–Trinajstić information content (AvgIpc) is 3.26. The molecule has 0 saturated carbocycles. The van der Waals surface area contributed by atoms with Crippen molar-refractivity contribution in [1.29, 1.82) is 0 Å². The highest BCUT2D eigenvalue weighted by Gasteiger charge is 2.29. The number of carbonyl (C=O) groups excluding carboxylic acids is 2. The summed E-state index contributed by atoms with van der Waals surface area (Å²) in [5.41, 5.74) is 1.13. The standard InChI is InChI=1S/C23H33N3O4/c1-15-14-19(17(3)29-15)16(2)24-21(27)20-8-7-11-26(20)18-9-12-25(13-10-18)22(28)30-23(4,5)6/h7-8,11,14,16,18H,9-10,12-13H2,1-6H3,(H,24,27). The second-order valence-corrected chi connectivity index (χ2v) is 9.06. The van der Waals surface area contributed by atoms with Crippen LogP contribution in [0.5, 0.6) is 0 Å². The molecule has 7 nitrogen and oxygen atoms in total. The van der Waals surface area contributed by atoms with Crippen LogP contribution in [0.3, 0.4) is 0 Å². The molecule has 2 amide bonds. The Morgan fingerprint density at radius 3 is 2.47 bits per heavy atom. The van der Waals surface area contributed by atoms with Gasteiger partial charge in [-0.2, -0.15) is 0 Å². The molecule has 30 heavy (non-hydrogen) atoms. The van der Waals surface area contributed by atoms with Crippen molar-refractivity contribution >= 4 is 12.0 Å². The Bertz CT molecular complexity index is 898. The van der Waals surface area contributed by atoms with Crippen LogP contribution in [0.15, 0.2) is 28.8 Å². The van der Waals surface area contributed by atoms with Gasteiger partial charge in [0.1, 0.15) is 22.8 Å². The highest BCUT2D eigenvalue weighted by Crippen LogP contribution is 2.27. The van der Waals surface area contributed by atoms with E-state index in [1.807, 2.05) is 70.5 Å². The first-order valence-electron chi connectivity index (χ1n) is 10.6. The quantitative estimate of drug-likeness (QED) is 0.781. The van der Waals surface area contributed by atoms with Crippen LogP contribution in [-0.2, 0) is 4.74 Å². The van der Waals surface area contributed by atoms with Crippen molar-refractivity contribution in [1.82, 2.24) is 14.8 Å². The minimum atomic E-state index is -0.498. The van der Waals surface area contributed by atoms with Gasteiger partial charge in [-0.1, -0.05) is 0 Å². The zero-order valence-electron chi connectivity index (χ0n) is 18.8. The second-order valence-electron chi connectivity index (χ2n) is 9.06. The van der Waals surface area contributed by atoms with Crippen molar-refractivity contribution in [3.8, 4) is 0 Å². The number of likely N-dealkylation sites (tertiary alicyclic amines) is 1. The lowest BCUT2D eigenvalue weighted by molar-refractivity contribution is 0.0187. The molecule has 0 radical (unpaired) electrons. The van der Waals surface area contributed by atoms with Gasteiger partial charge in [0.15, 0.2) is 0 Å². The lowest BCUT2D eigenvalue weighted by Crippen LogP contribution is -2.42. The van der Waals surface area contributed by atoms with Gasteiger partial charge < -0.3 is 23.9 Å². The number of furan rings is 1. The molecule has 164 valence electrons. The molecule has 1 atom stereocenters. The van der Waals surface area contributed by atoms with Gasteiger partial charge in [0.25, 0.3) is 5.91 Å². The van der Waals surface area contributed by atoms with Crippen molar-refractivity contribution < 1.29 is 18.7 Å². The molecule has 0 bridgehead atoms. The van der Waals surface area contributed by atoms with E-state index >= 15 is 0 Å². The Labute approximate surface area is 178 Å². The number of amides is 2. The molecule has 3 heterocycles. The minimum absolute atomic E-state index is 0.111. The highest BCUT2D eigenvalue weighted by molar-refractivity contribution is 5.93. The van der Waals surface area contributed by atoms with Crippen molar-refractivity contribution in [2.24, 2.45) is 0 Å². The van der Waals surface area contributed by atoms with E-state index < -0.39 is 5.60 Å². The molecule has 0 aliphatic carbocycles. The Kier molecular flexibility index (Phi) is 6.29. The van der Waals surface area contributed by atoms with Gasteiger partial charge in [-0.15, -0.1) is 0 Å². The first-order chi connectivity index (χ1) is 14.0. The largest absolute Gasteiger partial charge is 0.466 e. The van der Waals surface area contributed by atoms with Crippen molar-refractivity contribution in [3.63, 3.8) is 0 Å². The van der Waals surface area contributed by atoms with E-state index in [0.29, 0.717) is 18.8 Å². The van der Waals surface area contributed by atoms with Gasteiger partial charge in [0.05, 0.1) is 6.04 Å². The first-order valence-corrected chi connectivity index (χ1v) is 10.6. The summed E-state index contributed by atoms with van der Waals surface area (Å²) in [7, 11) is 0. The molecule has 1 unspecified atom stereocenters. The zero-order chi connectivity index (χ0) is 22.1. The SMILES string of the molecule is Cc1cc(C(C)NC(=O)c2cccn2C2CCN(C(=O)OC(C)(C)C)CC2)c(C)o1. The fourth-order valence-electron chi connectivity index (χ4n) is 3.99. The van der Waals surface area contributed by atoms with Crippen LogP contribution < -0.4 is 5.32 Å². The van der Waals surface area contributed by atoms with Crippen molar-refractivity contribution in [2.75, 3.05) is 13.1 Å². The molecule has 1 aliphatic rings. The zero-order valence-corrected chi connectivity index (χ0v) is 18.8. The molecule has 2 aromatic rings. The molecule has 3 rings (SSSR count). The third-order valence-corrected chi connectivity index (χ3v) is 5.41. The topological polar surface area (TPSA) is 76.7 Å². The number of aromatic nitrogens is 1. The summed E-state index contributed by atoms with van der Waals surface area (Å²) in [5.74, 6) is 1.55. The molecule has 1 saturated heterocycles. The van der Waals surface area contributed by atoms with E-state index in [1.165, 1.54) is 0 Å². The lowest BCUT2D eigenvalue weighted by Gasteiger charge is -2.34. The van der Waals surface area contributed by atoms with Crippen LogP contribution in [0.2, 0.25) is 0 Å². The van der Waals surface area contributed by atoms with Gasteiger partial charge in [-0.05, 0) is 72.6 Å². The highest BCUT2D eigenvalue weighted by atomic mass is 16.6. The Hall–Kier alpha value is -2.70. The van der Waals surface area contributed by atoms with E-state index in [2.05, 4.69) is 5.32 Å². The molecule has 0 spiro atoms. The third kappa shape index (κ3) is 5.07. The summed E-state index contributed by atoms with van der Waals surface area (Å²) in [6.07, 6.45) is 3.24. The maximum Gasteiger partial charge on any atom is 0.410 e. The molecular formula is C23H33N3O4. The number of aryl methyl sites for hydroxylation is 2. The summed E-state index contributed by atoms with van der Waals surface area (Å²) in [4.78, 5) is 27.0. The maximum absolute atomic E-state index is 13.0. The van der Waals surface area contributed by atoms with E-state index in [0.717, 1.165) is 29.9 Å². The van der Waals surface area contributed by atoms with E-state index in [-0.39, 0.29) is 24.1 Å². The van der Waals surface area contributed by atoms with E-state index in [1.54, 1.807) is 4.90 Å². The first kappa shape index (κ1) is 22.0. The van der Waals surface area contributed by atoms with Crippen molar-refractivity contribution in [2.45, 2.75) is 72.1 Å². The van der Waals surface area contributed by atoms with Crippen LogP contribution in [0, 0.1) is 13.8 Å². The van der Waals surface area contributed by atoms with Crippen molar-refractivity contribution in [3.05, 3.63) is 47.2 Å².